The van der Waals surface area contributed by atoms with Crippen LogP contribution >= 0.6 is 0 Å². The van der Waals surface area contributed by atoms with E-state index in [4.69, 9.17) is 0 Å². The molecule has 1 aromatic heterocycles. The van der Waals surface area contributed by atoms with Crippen LogP contribution in [0.15, 0.2) is 67.0 Å². The molecule has 2 unspecified atom stereocenters. The maximum Gasteiger partial charge on any atom is 0.244 e. The van der Waals surface area contributed by atoms with Crippen LogP contribution in [0, 0.1) is 12.8 Å². The van der Waals surface area contributed by atoms with E-state index in [1.54, 1.807) is 10.9 Å². The standard InChI is InChI=1S/C32H41N5O2/c1-24(2)32(39)36-17-16-28-13-9-14-29(37(28)20-26-10-5-4-6-11-26)22-34(21-27-12-7-8-15-30(27)36)31(38)23-35-19-25(3)18-33-35/h4-8,10-12,15,18-19,24,28-29H,9,13-14,16-17,20-23H2,1-3H3. The normalized spacial score (nSPS) is 20.4. The number of benzene rings is 2. The minimum atomic E-state index is -0.108. The van der Waals surface area contributed by atoms with Crippen molar-refractivity contribution in [2.75, 3.05) is 18.0 Å². The van der Waals surface area contributed by atoms with E-state index in [1.165, 1.54) is 5.56 Å². The summed E-state index contributed by atoms with van der Waals surface area (Å²) in [5, 5.41) is 4.38. The summed E-state index contributed by atoms with van der Waals surface area (Å²) in [7, 11) is 0. The van der Waals surface area contributed by atoms with Crippen LogP contribution < -0.4 is 4.90 Å². The Morgan fingerprint density at radius 2 is 1.72 bits per heavy atom. The van der Waals surface area contributed by atoms with E-state index in [0.717, 1.165) is 49.0 Å². The molecule has 5 rings (SSSR count). The number of aryl methyl sites for hydroxylation is 1. The number of anilines is 1. The first-order chi connectivity index (χ1) is 18.9. The van der Waals surface area contributed by atoms with Gasteiger partial charge >= 0.3 is 0 Å². The van der Waals surface area contributed by atoms with Crippen molar-refractivity contribution in [2.45, 2.75) is 78.2 Å². The fourth-order valence-electron chi connectivity index (χ4n) is 6.13. The average molecular weight is 528 g/mol. The molecule has 3 heterocycles. The largest absolute Gasteiger partial charge is 0.335 e. The van der Waals surface area contributed by atoms with Gasteiger partial charge in [-0.2, -0.15) is 5.10 Å². The molecule has 2 aliphatic heterocycles. The monoisotopic (exact) mass is 527 g/mol. The zero-order valence-electron chi connectivity index (χ0n) is 23.5. The SMILES string of the molecule is Cc1cnn(CC(=O)N2Cc3ccccc3N(C(=O)C(C)C)CCC3CCCC(C2)N3Cc2ccccc2)c1. The highest BCUT2D eigenvalue weighted by Crippen LogP contribution is 2.32. The number of amides is 2. The lowest BCUT2D eigenvalue weighted by Crippen LogP contribution is -2.52. The fourth-order valence-corrected chi connectivity index (χ4v) is 6.13. The third-order valence-electron chi connectivity index (χ3n) is 8.15. The van der Waals surface area contributed by atoms with Crippen LogP contribution in [-0.2, 0) is 29.2 Å². The number of fused-ring (bicyclic) bond motifs is 3. The number of carbonyl (C=O) groups is 2. The molecule has 206 valence electrons. The molecule has 2 aliphatic rings. The van der Waals surface area contributed by atoms with Crippen LogP contribution in [0.1, 0.15) is 56.2 Å². The Bertz CT molecular complexity index is 1270. The summed E-state index contributed by atoms with van der Waals surface area (Å²) in [6, 6.07) is 19.4. The van der Waals surface area contributed by atoms with Crippen LogP contribution in [0.2, 0.25) is 0 Å². The number of aromatic nitrogens is 2. The van der Waals surface area contributed by atoms with Gasteiger partial charge in [0, 0.05) is 56.1 Å². The van der Waals surface area contributed by atoms with Gasteiger partial charge in [0.2, 0.25) is 11.8 Å². The highest BCUT2D eigenvalue weighted by molar-refractivity contribution is 5.95. The highest BCUT2D eigenvalue weighted by Gasteiger charge is 2.35. The Morgan fingerprint density at radius 1 is 0.974 bits per heavy atom. The minimum absolute atomic E-state index is 0.0515. The number of nitrogens with zero attached hydrogens (tertiary/aromatic N) is 5. The number of hydrogen-bond acceptors (Lipinski definition) is 4. The number of piperidine rings is 1. The van der Waals surface area contributed by atoms with Crippen LogP contribution in [-0.4, -0.2) is 56.6 Å². The lowest BCUT2D eigenvalue weighted by molar-refractivity contribution is -0.134. The van der Waals surface area contributed by atoms with E-state index >= 15 is 0 Å². The minimum Gasteiger partial charge on any atom is -0.335 e. The van der Waals surface area contributed by atoms with E-state index in [0.29, 0.717) is 25.7 Å². The molecule has 0 spiro atoms. The van der Waals surface area contributed by atoms with Gasteiger partial charge < -0.3 is 9.80 Å². The predicted molar refractivity (Wildman–Crippen MR) is 154 cm³/mol. The maximum absolute atomic E-state index is 13.9. The van der Waals surface area contributed by atoms with Crippen molar-refractivity contribution in [1.82, 2.24) is 19.6 Å². The van der Waals surface area contributed by atoms with Crippen LogP contribution in [0.5, 0.6) is 0 Å². The quantitative estimate of drug-likeness (QED) is 0.467. The molecule has 7 nitrogen and oxygen atoms in total. The molecule has 1 fully saturated rings. The summed E-state index contributed by atoms with van der Waals surface area (Å²) in [5.41, 5.74) is 4.27. The van der Waals surface area contributed by atoms with Crippen molar-refractivity contribution in [1.29, 1.82) is 0 Å². The van der Waals surface area contributed by atoms with E-state index in [9.17, 15) is 9.59 Å². The lowest BCUT2D eigenvalue weighted by atomic mass is 9.92. The lowest BCUT2D eigenvalue weighted by Gasteiger charge is -2.44. The summed E-state index contributed by atoms with van der Waals surface area (Å²) in [6.45, 7) is 8.79. The van der Waals surface area contributed by atoms with Gasteiger partial charge in [0.05, 0.1) is 6.20 Å². The van der Waals surface area contributed by atoms with Crippen molar-refractivity contribution in [2.24, 2.45) is 5.92 Å². The first-order valence-electron chi connectivity index (χ1n) is 14.3. The molecule has 0 N–H and O–H groups in total. The second kappa shape index (κ2) is 12.2. The molecular formula is C32H41N5O2. The molecule has 3 aromatic rings. The third-order valence-corrected chi connectivity index (χ3v) is 8.15. The average Bonchev–Trinajstić information content (AvgIpc) is 3.34. The fraction of sp³-hybridized carbons (Fsp3) is 0.469. The Morgan fingerprint density at radius 3 is 2.46 bits per heavy atom. The molecule has 0 saturated carbocycles. The Labute approximate surface area is 232 Å². The van der Waals surface area contributed by atoms with Gasteiger partial charge in [0.25, 0.3) is 0 Å². The Balaban J connectivity index is 1.53. The predicted octanol–water partition coefficient (Wildman–Crippen LogP) is 5.04. The molecule has 7 heteroatoms. The van der Waals surface area contributed by atoms with Crippen molar-refractivity contribution < 1.29 is 9.59 Å². The maximum atomic E-state index is 13.9. The first-order valence-corrected chi connectivity index (χ1v) is 14.3. The van der Waals surface area contributed by atoms with Crippen LogP contribution in [0.3, 0.4) is 0 Å². The van der Waals surface area contributed by atoms with Crippen molar-refractivity contribution in [3.05, 3.63) is 83.7 Å². The smallest absolute Gasteiger partial charge is 0.244 e. The van der Waals surface area contributed by atoms with Gasteiger partial charge in [-0.05, 0) is 48.9 Å². The van der Waals surface area contributed by atoms with Crippen molar-refractivity contribution >= 4 is 17.5 Å². The molecule has 2 aromatic carbocycles. The van der Waals surface area contributed by atoms with Gasteiger partial charge in [0.15, 0.2) is 0 Å². The molecule has 2 bridgehead atoms. The Hall–Kier alpha value is -3.45. The van der Waals surface area contributed by atoms with Crippen LogP contribution in [0.4, 0.5) is 5.69 Å². The second-order valence-electron chi connectivity index (χ2n) is 11.4. The number of carbonyl (C=O) groups excluding carboxylic acids is 2. The van der Waals surface area contributed by atoms with Crippen molar-refractivity contribution in [3.63, 3.8) is 0 Å². The van der Waals surface area contributed by atoms with E-state index < -0.39 is 0 Å². The summed E-state index contributed by atoms with van der Waals surface area (Å²) in [5.74, 6) is 0.0766. The summed E-state index contributed by atoms with van der Waals surface area (Å²) < 4.78 is 1.73. The van der Waals surface area contributed by atoms with E-state index in [2.05, 4.69) is 46.4 Å². The highest BCUT2D eigenvalue weighted by atomic mass is 16.2. The summed E-state index contributed by atoms with van der Waals surface area (Å²) >= 11 is 0. The molecule has 0 aliphatic carbocycles. The van der Waals surface area contributed by atoms with Gasteiger partial charge in [-0.25, -0.2) is 0 Å². The van der Waals surface area contributed by atoms with E-state index in [-0.39, 0.29) is 30.3 Å². The molecule has 1 saturated heterocycles. The summed E-state index contributed by atoms with van der Waals surface area (Å²) in [4.78, 5) is 34.0. The van der Waals surface area contributed by atoms with Gasteiger partial charge in [-0.1, -0.05) is 68.8 Å². The summed E-state index contributed by atoms with van der Waals surface area (Å²) in [6.07, 6.45) is 7.92. The third kappa shape index (κ3) is 6.41. The number of hydrogen-bond donors (Lipinski definition) is 0. The second-order valence-corrected chi connectivity index (χ2v) is 11.4. The van der Waals surface area contributed by atoms with Gasteiger partial charge in [-0.15, -0.1) is 0 Å². The molecule has 2 amide bonds. The van der Waals surface area contributed by atoms with Crippen molar-refractivity contribution in [3.8, 4) is 0 Å². The van der Waals surface area contributed by atoms with Gasteiger partial charge in [-0.3, -0.25) is 19.2 Å². The number of rotatable bonds is 5. The zero-order chi connectivity index (χ0) is 27.4. The van der Waals surface area contributed by atoms with Crippen LogP contribution in [0.25, 0.3) is 0 Å². The Kier molecular flexibility index (Phi) is 8.46. The number of para-hydroxylation sites is 1. The topological polar surface area (TPSA) is 61.7 Å². The molecular weight excluding hydrogens is 486 g/mol. The molecule has 0 radical (unpaired) electrons. The van der Waals surface area contributed by atoms with Gasteiger partial charge in [0.1, 0.15) is 6.54 Å². The molecule has 2 atom stereocenters. The van der Waals surface area contributed by atoms with E-state index in [1.807, 2.05) is 55.0 Å². The first kappa shape index (κ1) is 27.1. The molecule has 39 heavy (non-hydrogen) atoms. The zero-order valence-corrected chi connectivity index (χ0v) is 23.5.